The first-order chi connectivity index (χ1) is 19.6. The van der Waals surface area contributed by atoms with Gasteiger partial charge >= 0.3 is 0 Å². The second-order valence-electron chi connectivity index (χ2n) is 9.64. The standard InChI is InChI=1S/C35H31NO4/c37-34(22-26-18-20-31(21-19-26)40-30-15-5-2-6-16-30)33(25-39-24-27-10-3-1-4-11-27)36-35(38)23-29-14-9-13-28-12-7-8-17-32(28)29/h1-21,33H,22-25H2,(H,36,38). The van der Waals surface area contributed by atoms with Gasteiger partial charge in [-0.15, -0.1) is 0 Å². The van der Waals surface area contributed by atoms with E-state index in [4.69, 9.17) is 9.47 Å². The van der Waals surface area contributed by atoms with Crippen LogP contribution in [0.2, 0.25) is 0 Å². The molecular weight excluding hydrogens is 498 g/mol. The van der Waals surface area contributed by atoms with E-state index in [1.54, 1.807) is 0 Å². The fourth-order valence-electron chi connectivity index (χ4n) is 4.57. The molecule has 0 radical (unpaired) electrons. The molecule has 5 heteroatoms. The number of amides is 1. The molecule has 0 aromatic heterocycles. The van der Waals surface area contributed by atoms with Crippen LogP contribution in [0.25, 0.3) is 10.8 Å². The largest absolute Gasteiger partial charge is 0.457 e. The first-order valence-corrected chi connectivity index (χ1v) is 13.4. The Kier molecular flexibility index (Phi) is 8.97. The highest BCUT2D eigenvalue weighted by molar-refractivity contribution is 5.93. The van der Waals surface area contributed by atoms with Crippen LogP contribution in [0.1, 0.15) is 16.7 Å². The van der Waals surface area contributed by atoms with Gasteiger partial charge in [0.2, 0.25) is 5.91 Å². The van der Waals surface area contributed by atoms with Crippen LogP contribution in [-0.4, -0.2) is 24.3 Å². The minimum atomic E-state index is -0.772. The fourth-order valence-corrected chi connectivity index (χ4v) is 4.57. The van der Waals surface area contributed by atoms with E-state index in [1.165, 1.54) is 0 Å². The van der Waals surface area contributed by atoms with E-state index >= 15 is 0 Å². The molecule has 0 bridgehead atoms. The first kappa shape index (κ1) is 26.9. The Bertz CT molecular complexity index is 1540. The molecule has 200 valence electrons. The van der Waals surface area contributed by atoms with Gasteiger partial charge in [-0.3, -0.25) is 9.59 Å². The van der Waals surface area contributed by atoms with E-state index in [9.17, 15) is 9.59 Å². The summed E-state index contributed by atoms with van der Waals surface area (Å²) in [6.07, 6.45) is 0.342. The van der Waals surface area contributed by atoms with Crippen LogP contribution in [0.15, 0.2) is 127 Å². The van der Waals surface area contributed by atoms with Crippen molar-refractivity contribution in [3.63, 3.8) is 0 Å². The molecular formula is C35H31NO4. The van der Waals surface area contributed by atoms with Crippen molar-refractivity contribution in [1.29, 1.82) is 0 Å². The predicted octanol–water partition coefficient (Wildman–Crippen LogP) is 6.69. The molecule has 1 amide bonds. The Morgan fingerprint density at radius 1 is 0.625 bits per heavy atom. The molecule has 0 fully saturated rings. The minimum absolute atomic E-state index is 0.0875. The molecule has 5 rings (SSSR count). The third kappa shape index (κ3) is 7.43. The maximum atomic E-state index is 13.4. The Balaban J connectivity index is 1.25. The van der Waals surface area contributed by atoms with Crippen LogP contribution >= 0.6 is 0 Å². The second kappa shape index (κ2) is 13.4. The zero-order valence-electron chi connectivity index (χ0n) is 22.2. The molecule has 40 heavy (non-hydrogen) atoms. The lowest BCUT2D eigenvalue weighted by molar-refractivity contribution is -0.128. The highest BCUT2D eigenvalue weighted by Crippen LogP contribution is 2.22. The van der Waals surface area contributed by atoms with Crippen LogP contribution in [0.5, 0.6) is 11.5 Å². The van der Waals surface area contributed by atoms with E-state index in [2.05, 4.69) is 5.32 Å². The van der Waals surface area contributed by atoms with Gasteiger partial charge in [-0.1, -0.05) is 103 Å². The van der Waals surface area contributed by atoms with Gasteiger partial charge in [0.05, 0.1) is 19.6 Å². The van der Waals surface area contributed by atoms with Gasteiger partial charge in [0.15, 0.2) is 5.78 Å². The lowest BCUT2D eigenvalue weighted by Gasteiger charge is -2.19. The monoisotopic (exact) mass is 529 g/mol. The van der Waals surface area contributed by atoms with Crippen LogP contribution < -0.4 is 10.1 Å². The molecule has 1 N–H and O–H groups in total. The molecule has 0 aliphatic rings. The first-order valence-electron chi connectivity index (χ1n) is 13.4. The van der Waals surface area contributed by atoms with Gasteiger partial charge in [-0.05, 0) is 51.7 Å². The fraction of sp³-hybridized carbons (Fsp3) is 0.143. The van der Waals surface area contributed by atoms with Crippen LogP contribution in [-0.2, 0) is 33.8 Å². The van der Waals surface area contributed by atoms with Crippen molar-refractivity contribution in [1.82, 2.24) is 5.32 Å². The van der Waals surface area contributed by atoms with Crippen molar-refractivity contribution < 1.29 is 19.1 Å². The van der Waals surface area contributed by atoms with E-state index in [-0.39, 0.29) is 31.1 Å². The van der Waals surface area contributed by atoms with Crippen molar-refractivity contribution in [2.75, 3.05) is 6.61 Å². The molecule has 5 aromatic carbocycles. The highest BCUT2D eigenvalue weighted by atomic mass is 16.5. The number of nitrogens with one attached hydrogen (secondary N) is 1. The number of carbonyl (C=O) groups excluding carboxylic acids is 2. The number of carbonyl (C=O) groups is 2. The highest BCUT2D eigenvalue weighted by Gasteiger charge is 2.22. The molecule has 1 unspecified atom stereocenters. The Morgan fingerprint density at radius 2 is 1.27 bits per heavy atom. The zero-order chi connectivity index (χ0) is 27.6. The molecule has 0 saturated heterocycles. The van der Waals surface area contributed by atoms with Gasteiger partial charge in [-0.25, -0.2) is 0 Å². The number of rotatable bonds is 12. The van der Waals surface area contributed by atoms with Crippen LogP contribution in [0, 0.1) is 0 Å². The summed E-state index contributed by atoms with van der Waals surface area (Å²) >= 11 is 0. The number of Topliss-reactive ketones (excluding diaryl/α,β-unsaturated/α-hetero) is 1. The number of ether oxygens (including phenoxy) is 2. The summed E-state index contributed by atoms with van der Waals surface area (Å²) in [5.74, 6) is 1.10. The zero-order valence-corrected chi connectivity index (χ0v) is 22.2. The van der Waals surface area contributed by atoms with E-state index in [1.807, 2.05) is 127 Å². The normalized spacial score (nSPS) is 11.6. The van der Waals surface area contributed by atoms with Crippen LogP contribution in [0.4, 0.5) is 0 Å². The van der Waals surface area contributed by atoms with Crippen molar-refractivity contribution >= 4 is 22.5 Å². The molecule has 1 atom stereocenters. The van der Waals surface area contributed by atoms with Gasteiger partial charge in [0, 0.05) is 6.42 Å². The number of hydrogen-bond donors (Lipinski definition) is 1. The molecule has 0 saturated carbocycles. The van der Waals surface area contributed by atoms with Crippen LogP contribution in [0.3, 0.4) is 0 Å². The van der Waals surface area contributed by atoms with Gasteiger partial charge in [0.1, 0.15) is 17.5 Å². The third-order valence-corrected chi connectivity index (χ3v) is 6.63. The maximum Gasteiger partial charge on any atom is 0.225 e. The summed E-state index contributed by atoms with van der Waals surface area (Å²) in [6.45, 7) is 0.444. The summed E-state index contributed by atoms with van der Waals surface area (Å²) < 4.78 is 11.8. The number of fused-ring (bicyclic) bond motifs is 1. The summed E-state index contributed by atoms with van der Waals surface area (Å²) in [5, 5.41) is 5.05. The predicted molar refractivity (Wildman–Crippen MR) is 157 cm³/mol. The Labute approximate surface area is 234 Å². The lowest BCUT2D eigenvalue weighted by atomic mass is 10.0. The molecule has 5 aromatic rings. The topological polar surface area (TPSA) is 64.6 Å². The summed E-state index contributed by atoms with van der Waals surface area (Å²) in [6, 6.07) is 39.8. The Morgan fingerprint density at radius 3 is 2.05 bits per heavy atom. The molecule has 0 aliphatic heterocycles. The number of ketones is 1. The SMILES string of the molecule is O=C(Cc1cccc2ccccc12)NC(COCc1ccccc1)C(=O)Cc1ccc(Oc2ccccc2)cc1. The van der Waals surface area contributed by atoms with Crippen molar-refractivity contribution in [2.45, 2.75) is 25.5 Å². The third-order valence-electron chi connectivity index (χ3n) is 6.63. The second-order valence-corrected chi connectivity index (χ2v) is 9.64. The average molecular weight is 530 g/mol. The lowest BCUT2D eigenvalue weighted by Crippen LogP contribution is -2.45. The van der Waals surface area contributed by atoms with E-state index < -0.39 is 6.04 Å². The number of hydrogen-bond acceptors (Lipinski definition) is 4. The summed E-state index contributed by atoms with van der Waals surface area (Å²) in [4.78, 5) is 26.5. The molecule has 5 nitrogen and oxygen atoms in total. The van der Waals surface area contributed by atoms with Crippen molar-refractivity contribution in [2.24, 2.45) is 0 Å². The van der Waals surface area contributed by atoms with Gasteiger partial charge in [-0.2, -0.15) is 0 Å². The van der Waals surface area contributed by atoms with Crippen molar-refractivity contribution in [3.05, 3.63) is 144 Å². The minimum Gasteiger partial charge on any atom is -0.457 e. The smallest absolute Gasteiger partial charge is 0.225 e. The molecule has 0 aliphatic carbocycles. The number of benzene rings is 5. The molecule has 0 spiro atoms. The van der Waals surface area contributed by atoms with E-state index in [0.717, 1.165) is 33.2 Å². The van der Waals surface area contributed by atoms with Gasteiger partial charge < -0.3 is 14.8 Å². The summed E-state index contributed by atoms with van der Waals surface area (Å²) in [5.41, 5.74) is 2.76. The average Bonchev–Trinajstić information content (AvgIpc) is 2.99. The number of para-hydroxylation sites is 1. The molecule has 0 heterocycles. The summed E-state index contributed by atoms with van der Waals surface area (Å²) in [7, 11) is 0. The Hall–Kier alpha value is -4.74. The van der Waals surface area contributed by atoms with Gasteiger partial charge in [0.25, 0.3) is 0 Å². The quantitative estimate of drug-likeness (QED) is 0.196. The van der Waals surface area contributed by atoms with Crippen molar-refractivity contribution in [3.8, 4) is 11.5 Å². The maximum absolute atomic E-state index is 13.4. The van der Waals surface area contributed by atoms with E-state index in [0.29, 0.717) is 12.4 Å².